The summed E-state index contributed by atoms with van der Waals surface area (Å²) in [6.45, 7) is 0. The first kappa shape index (κ1) is 31.6. The smallest absolute Gasteiger partial charge is 0.160 e. The first-order chi connectivity index (χ1) is 27.3. The van der Waals surface area contributed by atoms with Gasteiger partial charge < -0.3 is 0 Å². The first-order valence-electron chi connectivity index (χ1n) is 19.1. The van der Waals surface area contributed by atoms with Crippen molar-refractivity contribution >= 4 is 5.57 Å². The molecule has 1 heterocycles. The van der Waals surface area contributed by atoms with Gasteiger partial charge >= 0.3 is 0 Å². The van der Waals surface area contributed by atoms with Crippen LogP contribution in [0.4, 0.5) is 0 Å². The van der Waals surface area contributed by atoms with Gasteiger partial charge in [0, 0.05) is 22.1 Å². The van der Waals surface area contributed by atoms with Crippen LogP contribution in [0.15, 0.2) is 206 Å². The zero-order chi connectivity index (χ0) is 36.4. The second-order valence-corrected chi connectivity index (χ2v) is 14.9. The molecule has 0 saturated heterocycles. The first-order valence-corrected chi connectivity index (χ1v) is 19.1. The van der Waals surface area contributed by atoms with Crippen LogP contribution in [-0.4, -0.2) is 9.97 Å². The van der Waals surface area contributed by atoms with Crippen LogP contribution in [0.3, 0.4) is 0 Å². The van der Waals surface area contributed by atoms with Gasteiger partial charge in [-0.15, -0.1) is 0 Å². The quantitative estimate of drug-likeness (QED) is 0.179. The fourth-order valence-corrected chi connectivity index (χ4v) is 9.98. The van der Waals surface area contributed by atoms with Crippen molar-refractivity contribution < 1.29 is 0 Å². The molecule has 0 aliphatic heterocycles. The fourth-order valence-electron chi connectivity index (χ4n) is 9.98. The van der Waals surface area contributed by atoms with Crippen molar-refractivity contribution in [2.75, 3.05) is 0 Å². The molecule has 2 heteroatoms. The molecule has 2 nitrogen and oxygen atoms in total. The molecule has 55 heavy (non-hydrogen) atoms. The summed E-state index contributed by atoms with van der Waals surface area (Å²) in [5.41, 5.74) is 17.4. The Kier molecular flexibility index (Phi) is 7.09. The number of benzene rings is 7. The Morgan fingerprint density at radius 1 is 0.400 bits per heavy atom. The van der Waals surface area contributed by atoms with Crippen LogP contribution in [0.5, 0.6) is 0 Å². The molecular formula is C53H36N2. The summed E-state index contributed by atoms with van der Waals surface area (Å²) in [7, 11) is 0. The molecule has 0 amide bonds. The largest absolute Gasteiger partial charge is 0.228 e. The van der Waals surface area contributed by atoms with Gasteiger partial charge in [0.2, 0.25) is 0 Å². The summed E-state index contributed by atoms with van der Waals surface area (Å²) in [5.74, 6) is 0.712. The third-order valence-electron chi connectivity index (χ3n) is 12.2. The summed E-state index contributed by atoms with van der Waals surface area (Å²) in [4.78, 5) is 10.3. The lowest BCUT2D eigenvalue weighted by atomic mass is 9.52. The number of nitrogens with zero attached hydrogens (tertiary/aromatic N) is 2. The van der Waals surface area contributed by atoms with Gasteiger partial charge in [0.15, 0.2) is 5.82 Å². The molecule has 0 fully saturated rings. The topological polar surface area (TPSA) is 25.8 Å². The minimum absolute atomic E-state index is 0.362. The summed E-state index contributed by atoms with van der Waals surface area (Å²) >= 11 is 0. The van der Waals surface area contributed by atoms with Crippen molar-refractivity contribution in [3.8, 4) is 56.2 Å². The molecular weight excluding hydrogens is 665 g/mol. The van der Waals surface area contributed by atoms with Crippen LogP contribution in [0.1, 0.15) is 34.2 Å². The Bertz CT molecular complexity index is 2740. The molecule has 258 valence electrons. The zero-order valence-corrected chi connectivity index (χ0v) is 30.2. The number of hydrogen-bond acceptors (Lipinski definition) is 2. The third-order valence-corrected chi connectivity index (χ3v) is 12.2. The highest BCUT2D eigenvalue weighted by atomic mass is 14.9. The molecule has 8 aromatic rings. The van der Waals surface area contributed by atoms with Gasteiger partial charge in [-0.3, -0.25) is 0 Å². The SMILES string of the molecule is C1=CCC2(c3cccc(-c4cccc(-c5nc(-c6ccccc6)cc(-c6ccccc6)n5)c4)c3)C(=C1)c1ccccc1C21c2ccccc2-c2ccccc21. The molecule has 1 aromatic heterocycles. The molecule has 11 rings (SSSR count). The summed E-state index contributed by atoms with van der Waals surface area (Å²) in [6, 6.07) is 68.3. The molecule has 7 aromatic carbocycles. The number of rotatable bonds is 5. The van der Waals surface area contributed by atoms with E-state index in [9.17, 15) is 0 Å². The van der Waals surface area contributed by atoms with E-state index in [0.29, 0.717) is 5.82 Å². The monoisotopic (exact) mass is 700 g/mol. The maximum absolute atomic E-state index is 5.16. The maximum atomic E-state index is 5.16. The van der Waals surface area contributed by atoms with E-state index in [1.165, 1.54) is 50.1 Å². The van der Waals surface area contributed by atoms with E-state index >= 15 is 0 Å². The van der Waals surface area contributed by atoms with Crippen LogP contribution >= 0.6 is 0 Å². The van der Waals surface area contributed by atoms with Crippen molar-refractivity contribution in [2.24, 2.45) is 0 Å². The number of aromatic nitrogens is 2. The minimum atomic E-state index is -0.395. The van der Waals surface area contributed by atoms with Crippen LogP contribution in [0.2, 0.25) is 0 Å². The Morgan fingerprint density at radius 3 is 1.53 bits per heavy atom. The number of hydrogen-bond donors (Lipinski definition) is 0. The van der Waals surface area contributed by atoms with Gasteiger partial charge in [-0.25, -0.2) is 9.97 Å². The lowest BCUT2D eigenvalue weighted by Gasteiger charge is -2.48. The van der Waals surface area contributed by atoms with Gasteiger partial charge in [0.1, 0.15) is 0 Å². The zero-order valence-electron chi connectivity index (χ0n) is 30.2. The van der Waals surface area contributed by atoms with Gasteiger partial charge in [0.05, 0.1) is 16.8 Å². The van der Waals surface area contributed by atoms with E-state index in [1.807, 2.05) is 12.1 Å². The maximum Gasteiger partial charge on any atom is 0.160 e. The molecule has 1 unspecified atom stereocenters. The van der Waals surface area contributed by atoms with Gasteiger partial charge in [-0.05, 0) is 74.2 Å². The predicted molar refractivity (Wildman–Crippen MR) is 225 cm³/mol. The van der Waals surface area contributed by atoms with Crippen molar-refractivity contribution in [3.05, 3.63) is 234 Å². The molecule has 0 bridgehead atoms. The van der Waals surface area contributed by atoms with Crippen LogP contribution in [0.25, 0.3) is 61.7 Å². The molecule has 0 saturated carbocycles. The molecule has 1 atom stereocenters. The van der Waals surface area contributed by atoms with E-state index in [4.69, 9.17) is 9.97 Å². The van der Waals surface area contributed by atoms with Crippen molar-refractivity contribution in [3.63, 3.8) is 0 Å². The Labute approximate surface area is 321 Å². The van der Waals surface area contributed by atoms with Gasteiger partial charge in [-0.2, -0.15) is 0 Å². The third kappa shape index (κ3) is 4.55. The normalized spacial score (nSPS) is 16.9. The standard InChI is InChI=1S/C53H36N2/c1-3-17-36(18-4-1)49-35-50(37-19-5-2-6-20-37)55-51(54-49)40-23-15-21-38(33-40)39-22-16-24-41(34-39)52-32-14-13-28-45(52)44-27-9-12-31-48(44)53(52)46-29-10-7-25-42(46)43-26-8-11-30-47(43)53/h1-31,33-35H,32H2. The molecule has 0 radical (unpaired) electrons. The van der Waals surface area contributed by atoms with Crippen LogP contribution in [0, 0.1) is 0 Å². The van der Waals surface area contributed by atoms with E-state index in [-0.39, 0.29) is 5.41 Å². The minimum Gasteiger partial charge on any atom is -0.228 e. The predicted octanol–water partition coefficient (Wildman–Crippen LogP) is 12.8. The second kappa shape index (κ2) is 12.3. The fraction of sp³-hybridized carbons (Fsp3) is 0.0566. The highest BCUT2D eigenvalue weighted by molar-refractivity contribution is 5.97. The Balaban J connectivity index is 1.10. The highest BCUT2D eigenvalue weighted by Crippen LogP contribution is 2.71. The van der Waals surface area contributed by atoms with E-state index in [2.05, 4.69) is 194 Å². The summed E-state index contributed by atoms with van der Waals surface area (Å²) in [5, 5.41) is 0. The number of allylic oxidation sites excluding steroid dienone is 4. The van der Waals surface area contributed by atoms with Gasteiger partial charge in [-0.1, -0.05) is 194 Å². The summed E-state index contributed by atoms with van der Waals surface area (Å²) < 4.78 is 0. The second-order valence-electron chi connectivity index (χ2n) is 14.9. The van der Waals surface area contributed by atoms with Crippen molar-refractivity contribution in [1.82, 2.24) is 9.97 Å². The Morgan fingerprint density at radius 2 is 0.891 bits per heavy atom. The van der Waals surface area contributed by atoms with E-state index in [1.54, 1.807) is 0 Å². The van der Waals surface area contributed by atoms with E-state index in [0.717, 1.165) is 40.1 Å². The average molecular weight is 701 g/mol. The van der Waals surface area contributed by atoms with Gasteiger partial charge in [0.25, 0.3) is 0 Å². The summed E-state index contributed by atoms with van der Waals surface area (Å²) in [6.07, 6.45) is 7.92. The Hall–Kier alpha value is -6.90. The van der Waals surface area contributed by atoms with Crippen molar-refractivity contribution in [2.45, 2.75) is 17.3 Å². The molecule has 0 N–H and O–H groups in total. The lowest BCUT2D eigenvalue weighted by molar-refractivity contribution is 0.412. The lowest BCUT2D eigenvalue weighted by Crippen LogP contribution is -2.47. The van der Waals surface area contributed by atoms with E-state index < -0.39 is 5.41 Å². The average Bonchev–Trinajstić information content (AvgIpc) is 3.73. The molecule has 3 aliphatic carbocycles. The van der Waals surface area contributed by atoms with Crippen molar-refractivity contribution in [1.29, 1.82) is 0 Å². The molecule has 3 aliphatic rings. The highest BCUT2D eigenvalue weighted by Gasteiger charge is 2.65. The van der Waals surface area contributed by atoms with Crippen LogP contribution < -0.4 is 0 Å². The van der Waals surface area contributed by atoms with Crippen LogP contribution in [-0.2, 0) is 10.8 Å². The molecule has 1 spiro atoms. The number of fused-ring (bicyclic) bond motifs is 10.